The molecule has 30 heavy (non-hydrogen) atoms. The summed E-state index contributed by atoms with van der Waals surface area (Å²) in [6.07, 6.45) is 0.256. The van der Waals surface area contributed by atoms with Gasteiger partial charge in [0.2, 0.25) is 11.0 Å². The number of hydrogen-bond acceptors (Lipinski definition) is 7. The van der Waals surface area contributed by atoms with Gasteiger partial charge in [-0.25, -0.2) is 0 Å². The van der Waals surface area contributed by atoms with Crippen LogP contribution in [0.25, 0.3) is 0 Å². The second-order valence-corrected chi connectivity index (χ2v) is 8.35. The van der Waals surface area contributed by atoms with Gasteiger partial charge in [-0.1, -0.05) is 35.1 Å². The van der Waals surface area contributed by atoms with Crippen LogP contribution < -0.4 is 15.0 Å². The highest BCUT2D eigenvalue weighted by molar-refractivity contribution is 7.15. The van der Waals surface area contributed by atoms with E-state index in [1.807, 2.05) is 53.4 Å². The molecular formula is C21H22ClN5O2S. The van der Waals surface area contributed by atoms with Gasteiger partial charge >= 0.3 is 0 Å². The fourth-order valence-corrected chi connectivity index (χ4v) is 4.21. The van der Waals surface area contributed by atoms with Crippen LogP contribution in [0.1, 0.15) is 5.01 Å². The monoisotopic (exact) mass is 443 g/mol. The van der Waals surface area contributed by atoms with Crippen LogP contribution in [-0.2, 0) is 11.2 Å². The number of halogens is 1. The number of benzene rings is 2. The fraction of sp³-hybridized carbons (Fsp3) is 0.286. The maximum atomic E-state index is 12.7. The molecule has 9 heteroatoms. The second kappa shape index (κ2) is 9.32. The molecule has 4 rings (SSSR count). The maximum Gasteiger partial charge on any atom is 0.229 e. The van der Waals surface area contributed by atoms with Crippen LogP contribution in [-0.4, -0.2) is 54.3 Å². The van der Waals surface area contributed by atoms with E-state index >= 15 is 0 Å². The summed E-state index contributed by atoms with van der Waals surface area (Å²) < 4.78 is 5.34. The zero-order valence-corrected chi connectivity index (χ0v) is 18.1. The molecule has 7 nitrogen and oxygen atoms in total. The lowest BCUT2D eigenvalue weighted by Crippen LogP contribution is -2.49. The summed E-state index contributed by atoms with van der Waals surface area (Å²) in [4.78, 5) is 16.9. The van der Waals surface area contributed by atoms with Gasteiger partial charge in [0.1, 0.15) is 10.8 Å². The van der Waals surface area contributed by atoms with Gasteiger partial charge in [-0.3, -0.25) is 4.79 Å². The molecular weight excluding hydrogens is 422 g/mol. The topological polar surface area (TPSA) is 70.6 Å². The number of methoxy groups -OCH3 is 1. The van der Waals surface area contributed by atoms with E-state index < -0.39 is 0 Å². The Labute approximate surface area is 184 Å². The van der Waals surface area contributed by atoms with Crippen molar-refractivity contribution in [2.24, 2.45) is 0 Å². The first kappa shape index (κ1) is 20.4. The minimum Gasteiger partial charge on any atom is -0.495 e. The summed E-state index contributed by atoms with van der Waals surface area (Å²) in [5.74, 6) is 0.801. The number of ether oxygens (including phenoxy) is 1. The van der Waals surface area contributed by atoms with Gasteiger partial charge in [0.05, 0.1) is 19.2 Å². The third-order valence-electron chi connectivity index (χ3n) is 4.94. The minimum atomic E-state index is 0.0748. The van der Waals surface area contributed by atoms with Crippen molar-refractivity contribution in [3.05, 3.63) is 58.6 Å². The van der Waals surface area contributed by atoms with Crippen molar-refractivity contribution in [1.29, 1.82) is 0 Å². The normalized spacial score (nSPS) is 13.9. The van der Waals surface area contributed by atoms with E-state index in [0.717, 1.165) is 35.2 Å². The Morgan fingerprint density at radius 2 is 1.83 bits per heavy atom. The van der Waals surface area contributed by atoms with E-state index in [9.17, 15) is 4.79 Å². The number of para-hydroxylation sites is 2. The van der Waals surface area contributed by atoms with Gasteiger partial charge < -0.3 is 19.9 Å². The third-order valence-corrected chi connectivity index (χ3v) is 6.03. The van der Waals surface area contributed by atoms with E-state index in [0.29, 0.717) is 23.2 Å². The first-order chi connectivity index (χ1) is 14.6. The molecule has 2 heterocycles. The lowest BCUT2D eigenvalue weighted by molar-refractivity contribution is -0.130. The molecule has 0 spiro atoms. The molecule has 1 fully saturated rings. The van der Waals surface area contributed by atoms with E-state index in [1.165, 1.54) is 11.3 Å². The highest BCUT2D eigenvalue weighted by Crippen LogP contribution is 2.28. The molecule has 0 bridgehead atoms. The van der Waals surface area contributed by atoms with Crippen LogP contribution in [0, 0.1) is 0 Å². The predicted molar refractivity (Wildman–Crippen MR) is 120 cm³/mol. The molecule has 1 aliphatic rings. The summed E-state index contributed by atoms with van der Waals surface area (Å²) in [7, 11) is 1.62. The molecule has 0 unspecified atom stereocenters. The van der Waals surface area contributed by atoms with Crippen molar-refractivity contribution in [1.82, 2.24) is 15.1 Å². The predicted octanol–water partition coefficient (Wildman–Crippen LogP) is 3.84. The van der Waals surface area contributed by atoms with Crippen LogP contribution in [0.4, 0.5) is 16.5 Å². The Hall–Kier alpha value is -2.84. The van der Waals surface area contributed by atoms with E-state index in [-0.39, 0.29) is 12.3 Å². The second-order valence-electron chi connectivity index (χ2n) is 6.85. The van der Waals surface area contributed by atoms with Crippen LogP contribution in [0.2, 0.25) is 5.02 Å². The Balaban J connectivity index is 1.31. The maximum absolute atomic E-state index is 12.7. The first-order valence-electron chi connectivity index (χ1n) is 9.63. The molecule has 1 aromatic heterocycles. The van der Waals surface area contributed by atoms with Gasteiger partial charge in [-0.2, -0.15) is 0 Å². The van der Waals surface area contributed by atoms with Gasteiger partial charge in [-0.15, -0.1) is 10.2 Å². The standard InChI is InChI=1S/C21H22ClN5O2S/c1-29-18-5-3-2-4-17(18)23-21-25-24-19(30-21)14-20(28)27-12-10-26(11-13-27)16-8-6-15(22)7-9-16/h2-9H,10-14H2,1H3,(H,23,25). The van der Waals surface area contributed by atoms with Crippen LogP contribution in [0.5, 0.6) is 5.75 Å². The Morgan fingerprint density at radius 1 is 1.10 bits per heavy atom. The number of piperazine rings is 1. The Morgan fingerprint density at radius 3 is 2.57 bits per heavy atom. The van der Waals surface area contributed by atoms with Crippen molar-refractivity contribution in [3.8, 4) is 5.75 Å². The van der Waals surface area contributed by atoms with Gasteiger partial charge in [-0.05, 0) is 36.4 Å². The number of nitrogens with zero attached hydrogens (tertiary/aromatic N) is 4. The zero-order valence-electron chi connectivity index (χ0n) is 16.5. The van der Waals surface area contributed by atoms with E-state index in [4.69, 9.17) is 16.3 Å². The number of carbonyl (C=O) groups is 1. The number of anilines is 3. The first-order valence-corrected chi connectivity index (χ1v) is 10.8. The molecule has 3 aromatic rings. The highest BCUT2D eigenvalue weighted by atomic mass is 35.5. The third kappa shape index (κ3) is 4.83. The SMILES string of the molecule is COc1ccccc1Nc1nnc(CC(=O)N2CCN(c3ccc(Cl)cc3)CC2)s1. The number of rotatable bonds is 6. The molecule has 1 aliphatic heterocycles. The lowest BCUT2D eigenvalue weighted by atomic mass is 10.2. The van der Waals surface area contributed by atoms with E-state index in [1.54, 1.807) is 7.11 Å². The van der Waals surface area contributed by atoms with Gasteiger partial charge in [0, 0.05) is 36.9 Å². The van der Waals surface area contributed by atoms with Crippen LogP contribution in [0.15, 0.2) is 48.5 Å². The molecule has 0 aliphatic carbocycles. The molecule has 0 saturated carbocycles. The Kier molecular flexibility index (Phi) is 6.35. The van der Waals surface area contributed by atoms with Gasteiger partial charge in [0.15, 0.2) is 0 Å². The average Bonchev–Trinajstić information content (AvgIpc) is 3.21. The molecule has 0 radical (unpaired) electrons. The molecule has 2 aromatic carbocycles. The summed E-state index contributed by atoms with van der Waals surface area (Å²) in [6, 6.07) is 15.4. The summed E-state index contributed by atoms with van der Waals surface area (Å²) >= 11 is 7.34. The van der Waals surface area contributed by atoms with Crippen molar-refractivity contribution in [3.63, 3.8) is 0 Å². The van der Waals surface area contributed by atoms with Crippen LogP contribution >= 0.6 is 22.9 Å². The molecule has 156 valence electrons. The van der Waals surface area contributed by atoms with Gasteiger partial charge in [0.25, 0.3) is 0 Å². The molecule has 1 N–H and O–H groups in total. The fourth-order valence-electron chi connectivity index (χ4n) is 3.35. The number of aromatic nitrogens is 2. The van der Waals surface area contributed by atoms with Crippen molar-refractivity contribution in [2.75, 3.05) is 43.5 Å². The van der Waals surface area contributed by atoms with Crippen molar-refractivity contribution >= 4 is 45.4 Å². The summed E-state index contributed by atoms with van der Waals surface area (Å²) in [5.41, 5.74) is 1.94. The Bertz CT molecular complexity index is 1000. The number of amides is 1. The minimum absolute atomic E-state index is 0.0748. The lowest BCUT2D eigenvalue weighted by Gasteiger charge is -2.36. The summed E-state index contributed by atoms with van der Waals surface area (Å²) in [5, 5.41) is 13.6. The number of nitrogens with one attached hydrogen (secondary N) is 1. The van der Waals surface area contributed by atoms with Crippen molar-refractivity contribution < 1.29 is 9.53 Å². The van der Waals surface area contributed by atoms with Crippen molar-refractivity contribution in [2.45, 2.75) is 6.42 Å². The summed E-state index contributed by atoms with van der Waals surface area (Å²) in [6.45, 7) is 2.97. The smallest absolute Gasteiger partial charge is 0.229 e. The number of carbonyl (C=O) groups excluding carboxylic acids is 1. The highest BCUT2D eigenvalue weighted by Gasteiger charge is 2.22. The molecule has 0 atom stereocenters. The average molecular weight is 444 g/mol. The quantitative estimate of drug-likeness (QED) is 0.624. The molecule has 1 saturated heterocycles. The molecule has 1 amide bonds. The largest absolute Gasteiger partial charge is 0.495 e. The zero-order chi connectivity index (χ0) is 20.9. The van der Waals surface area contributed by atoms with E-state index in [2.05, 4.69) is 20.4 Å². The number of hydrogen-bond donors (Lipinski definition) is 1. The van der Waals surface area contributed by atoms with Crippen LogP contribution in [0.3, 0.4) is 0 Å².